The van der Waals surface area contributed by atoms with Gasteiger partial charge >= 0.3 is 0 Å². The minimum Gasteiger partial charge on any atom is -0.416 e. The molecule has 0 spiro atoms. The number of nitrogens with zero attached hydrogens (tertiary/aromatic N) is 2. The Hall–Kier alpha value is -2.24. The van der Waals surface area contributed by atoms with E-state index in [0.29, 0.717) is 18.7 Å². The Bertz CT molecular complexity index is 1130. The second-order valence-corrected chi connectivity index (χ2v) is 11.4. The maximum atomic E-state index is 13.3. The topological polar surface area (TPSA) is 102 Å². The fraction of sp³-hybridized carbons (Fsp3) is 0.350. The van der Waals surface area contributed by atoms with Crippen molar-refractivity contribution in [2.45, 2.75) is 24.1 Å². The summed E-state index contributed by atoms with van der Waals surface area (Å²) in [6, 6.07) is 9.48. The van der Waals surface area contributed by atoms with E-state index in [1.54, 1.807) is 12.1 Å². The highest BCUT2D eigenvalue weighted by atomic mass is 32.2. The molecule has 0 saturated carbocycles. The molecule has 0 bridgehead atoms. The number of aromatic nitrogens is 2. The lowest BCUT2D eigenvalue weighted by atomic mass is 10.1. The molecular weight excluding hydrogens is 461 g/mol. The highest BCUT2D eigenvalue weighted by Crippen LogP contribution is 2.27. The molecule has 1 saturated heterocycles. The minimum absolute atomic E-state index is 0.00568. The lowest BCUT2D eigenvalue weighted by Gasteiger charge is -2.18. The Morgan fingerprint density at radius 2 is 2.10 bits per heavy atom. The second-order valence-electron chi connectivity index (χ2n) is 7.29. The number of hydrogen-bond donors (Lipinski definition) is 1. The normalized spacial score (nSPS) is 18.7. The van der Waals surface area contributed by atoms with Crippen LogP contribution in [0.3, 0.4) is 0 Å². The molecule has 4 rings (SSSR count). The Morgan fingerprint density at radius 1 is 1.29 bits per heavy atom. The fourth-order valence-electron chi connectivity index (χ4n) is 3.42. The van der Waals surface area contributed by atoms with E-state index in [9.17, 15) is 17.6 Å². The molecule has 2 atom stereocenters. The van der Waals surface area contributed by atoms with Gasteiger partial charge in [-0.1, -0.05) is 30.0 Å². The summed E-state index contributed by atoms with van der Waals surface area (Å²) in [5.74, 6) is 0.234. The molecule has 31 heavy (non-hydrogen) atoms. The van der Waals surface area contributed by atoms with Gasteiger partial charge in [0.15, 0.2) is 9.84 Å². The van der Waals surface area contributed by atoms with Gasteiger partial charge in [-0.05, 0) is 41.5 Å². The monoisotopic (exact) mass is 481 g/mol. The van der Waals surface area contributed by atoms with Crippen LogP contribution in [0.25, 0.3) is 0 Å². The van der Waals surface area contributed by atoms with E-state index in [1.165, 1.54) is 23.5 Å². The van der Waals surface area contributed by atoms with Crippen molar-refractivity contribution in [3.63, 3.8) is 0 Å². The molecule has 0 aliphatic carbocycles. The van der Waals surface area contributed by atoms with E-state index >= 15 is 0 Å². The number of hydrogen-bond acceptors (Lipinski definition) is 8. The van der Waals surface area contributed by atoms with E-state index in [4.69, 9.17) is 4.42 Å². The first-order valence-electron chi connectivity index (χ1n) is 9.62. The van der Waals surface area contributed by atoms with Gasteiger partial charge in [0.25, 0.3) is 5.22 Å². The molecule has 7 nitrogen and oxygen atoms in total. The predicted molar refractivity (Wildman–Crippen MR) is 116 cm³/mol. The third kappa shape index (κ3) is 5.92. The number of carbonyl (C=O) groups is 1. The Labute approximate surface area is 187 Å². The maximum Gasteiger partial charge on any atom is 0.277 e. The summed E-state index contributed by atoms with van der Waals surface area (Å²) >= 11 is 2.62. The Kier molecular flexibility index (Phi) is 6.73. The van der Waals surface area contributed by atoms with E-state index in [-0.39, 0.29) is 46.2 Å². The van der Waals surface area contributed by atoms with E-state index in [0.717, 1.165) is 22.2 Å². The van der Waals surface area contributed by atoms with Crippen LogP contribution >= 0.6 is 23.1 Å². The van der Waals surface area contributed by atoms with Crippen molar-refractivity contribution in [3.8, 4) is 0 Å². The zero-order valence-electron chi connectivity index (χ0n) is 16.4. The molecule has 3 aromatic rings. The number of benzene rings is 1. The first-order chi connectivity index (χ1) is 14.9. The summed E-state index contributed by atoms with van der Waals surface area (Å²) in [6.07, 6.45) is 1.02. The molecule has 2 unspecified atom stereocenters. The van der Waals surface area contributed by atoms with Gasteiger partial charge in [-0.15, -0.1) is 21.5 Å². The van der Waals surface area contributed by atoms with Gasteiger partial charge in [-0.2, -0.15) is 0 Å². The number of sulfone groups is 1. The average Bonchev–Trinajstić information content (AvgIpc) is 3.47. The number of amides is 1. The summed E-state index contributed by atoms with van der Waals surface area (Å²) in [5, 5.41) is 13.1. The van der Waals surface area contributed by atoms with Crippen LogP contribution in [-0.4, -0.2) is 41.8 Å². The van der Waals surface area contributed by atoms with Gasteiger partial charge < -0.3 is 9.73 Å². The summed E-state index contributed by atoms with van der Waals surface area (Å²) < 4.78 is 42.0. The molecule has 1 aliphatic heterocycles. The molecule has 1 aliphatic rings. The van der Waals surface area contributed by atoms with Crippen molar-refractivity contribution in [3.05, 3.63) is 63.9 Å². The smallest absolute Gasteiger partial charge is 0.277 e. The third-order valence-corrected chi connectivity index (χ3v) is 8.49. The van der Waals surface area contributed by atoms with Crippen LogP contribution in [0.4, 0.5) is 4.39 Å². The fourth-order valence-corrected chi connectivity index (χ4v) is 6.67. The van der Waals surface area contributed by atoms with Gasteiger partial charge in [0, 0.05) is 11.3 Å². The first kappa shape index (κ1) is 22.0. The lowest BCUT2D eigenvalue weighted by molar-refractivity contribution is -0.119. The molecule has 1 amide bonds. The summed E-state index contributed by atoms with van der Waals surface area (Å²) in [7, 11) is -2.95. The van der Waals surface area contributed by atoms with Gasteiger partial charge in [0.2, 0.25) is 11.8 Å². The van der Waals surface area contributed by atoms with E-state index in [1.807, 2.05) is 17.5 Å². The van der Waals surface area contributed by atoms with Gasteiger partial charge in [-0.25, -0.2) is 12.8 Å². The second kappa shape index (κ2) is 9.49. The first-order valence-corrected chi connectivity index (χ1v) is 13.3. The Balaban J connectivity index is 1.34. The average molecular weight is 482 g/mol. The summed E-state index contributed by atoms with van der Waals surface area (Å²) in [5.41, 5.74) is 0.786. The summed E-state index contributed by atoms with van der Waals surface area (Å²) in [6.45, 7) is 0. The molecule has 1 aromatic carbocycles. The van der Waals surface area contributed by atoms with Gasteiger partial charge in [-0.3, -0.25) is 4.79 Å². The van der Waals surface area contributed by atoms with Crippen molar-refractivity contribution < 1.29 is 22.0 Å². The zero-order chi connectivity index (χ0) is 21.8. The quantitative estimate of drug-likeness (QED) is 0.493. The van der Waals surface area contributed by atoms with Crippen LogP contribution in [0.2, 0.25) is 0 Å². The van der Waals surface area contributed by atoms with Crippen LogP contribution < -0.4 is 5.32 Å². The zero-order valence-corrected chi connectivity index (χ0v) is 18.8. The van der Waals surface area contributed by atoms with Crippen molar-refractivity contribution in [2.75, 3.05) is 17.3 Å². The minimum atomic E-state index is -2.95. The molecule has 164 valence electrons. The number of halogens is 1. The molecule has 2 aromatic heterocycles. The van der Waals surface area contributed by atoms with Crippen LogP contribution in [0.1, 0.15) is 28.8 Å². The molecule has 1 fully saturated rings. The van der Waals surface area contributed by atoms with Crippen molar-refractivity contribution in [1.29, 1.82) is 0 Å². The van der Waals surface area contributed by atoms with Crippen molar-refractivity contribution in [1.82, 2.24) is 15.5 Å². The molecule has 11 heteroatoms. The lowest BCUT2D eigenvalue weighted by Crippen LogP contribution is -2.30. The van der Waals surface area contributed by atoms with Gasteiger partial charge in [0.05, 0.1) is 23.3 Å². The molecule has 1 N–H and O–H groups in total. The highest BCUT2D eigenvalue weighted by molar-refractivity contribution is 7.99. The highest BCUT2D eigenvalue weighted by Gasteiger charge is 2.29. The maximum absolute atomic E-state index is 13.3. The van der Waals surface area contributed by atoms with Crippen molar-refractivity contribution >= 4 is 38.8 Å². The van der Waals surface area contributed by atoms with Crippen LogP contribution in [0.5, 0.6) is 0 Å². The molecular formula is C20H20FN3O4S3. The predicted octanol–water partition coefficient (Wildman–Crippen LogP) is 3.25. The van der Waals surface area contributed by atoms with Gasteiger partial charge in [0.1, 0.15) is 5.82 Å². The summed E-state index contributed by atoms with van der Waals surface area (Å²) in [4.78, 5) is 13.5. The van der Waals surface area contributed by atoms with E-state index in [2.05, 4.69) is 15.5 Å². The number of carbonyl (C=O) groups excluding carboxylic acids is 1. The Morgan fingerprint density at radius 3 is 2.77 bits per heavy atom. The molecule has 0 radical (unpaired) electrons. The number of thiophene rings is 1. The third-order valence-electron chi connectivity index (χ3n) is 4.90. The molecule has 3 heterocycles. The van der Waals surface area contributed by atoms with Crippen LogP contribution in [0.15, 0.2) is 51.4 Å². The number of thioether (sulfide) groups is 1. The number of rotatable bonds is 8. The SMILES string of the molecule is O=C(CSc1nnc(CC2CCS(=O)(=O)C2)o1)NC(c1ccc(F)cc1)c1cccs1. The van der Waals surface area contributed by atoms with Crippen molar-refractivity contribution in [2.24, 2.45) is 5.92 Å². The van der Waals surface area contributed by atoms with E-state index < -0.39 is 9.84 Å². The largest absolute Gasteiger partial charge is 0.416 e. The number of nitrogens with one attached hydrogen (secondary N) is 1. The van der Waals surface area contributed by atoms with Crippen LogP contribution in [-0.2, 0) is 21.1 Å². The van der Waals surface area contributed by atoms with Crippen LogP contribution in [0, 0.1) is 11.7 Å². The standard InChI is InChI=1S/C20H20FN3O4S3/c21-15-5-3-14(4-6-15)19(16-2-1-8-29-16)22-17(25)11-30-20-24-23-18(28-20)10-13-7-9-31(26,27)12-13/h1-6,8,13,19H,7,9-12H2,(H,22,25).